The van der Waals surface area contributed by atoms with Gasteiger partial charge < -0.3 is 9.13 Å². The van der Waals surface area contributed by atoms with Gasteiger partial charge in [0.2, 0.25) is 0 Å². The summed E-state index contributed by atoms with van der Waals surface area (Å²) in [6, 6.07) is 28.7. The van der Waals surface area contributed by atoms with Crippen LogP contribution in [0.1, 0.15) is 5.56 Å². The number of benzene rings is 4. The highest BCUT2D eigenvalue weighted by Crippen LogP contribution is 2.40. The summed E-state index contributed by atoms with van der Waals surface area (Å²) in [4.78, 5) is 3.75. The molecule has 4 aromatic carbocycles. The molecule has 0 fully saturated rings. The van der Waals surface area contributed by atoms with E-state index in [2.05, 4.69) is 69.6 Å². The molecule has 0 aliphatic carbocycles. The molecule has 0 saturated carbocycles. The molecule has 0 aliphatic heterocycles. The van der Waals surface area contributed by atoms with Crippen molar-refractivity contribution in [2.75, 3.05) is 0 Å². The number of hydrogen-bond donors (Lipinski definition) is 0. The Hall–Kier alpha value is -4.54. The molecule has 0 N–H and O–H groups in total. The van der Waals surface area contributed by atoms with Crippen LogP contribution in [-0.4, -0.2) is 9.13 Å². The fraction of sp³-hybridized carbons (Fsp3) is 0.0370. The van der Waals surface area contributed by atoms with E-state index in [1.54, 1.807) is 0 Å². The van der Waals surface area contributed by atoms with Crippen molar-refractivity contribution >= 4 is 49.3 Å². The zero-order valence-corrected chi connectivity index (χ0v) is 16.8. The molecule has 144 valence electrons. The molecular formula is C27H16N4. The third-order valence-electron chi connectivity index (χ3n) is 6.19. The summed E-state index contributed by atoms with van der Waals surface area (Å²) >= 11 is 0. The second kappa shape index (κ2) is 6.23. The molecule has 0 aliphatic rings. The highest BCUT2D eigenvalue weighted by molar-refractivity contribution is 6.17. The number of fused-ring (bicyclic) bond motifs is 6. The Labute approximate surface area is 178 Å². The molecule has 0 bridgehead atoms. The van der Waals surface area contributed by atoms with Crippen molar-refractivity contribution in [3.63, 3.8) is 0 Å². The van der Waals surface area contributed by atoms with Crippen molar-refractivity contribution in [1.82, 2.24) is 9.13 Å². The molecule has 0 radical (unpaired) electrons. The SMILES string of the molecule is [C-]#[N+]c1cccc2c1c1c(C#N)cccc1n2-c1ccc2c(c1)c1ccccc1n2C. The lowest BCUT2D eigenvalue weighted by molar-refractivity contribution is 1.01. The van der Waals surface area contributed by atoms with Crippen LogP contribution in [0.5, 0.6) is 0 Å². The first-order valence-corrected chi connectivity index (χ1v) is 10.0. The topological polar surface area (TPSA) is 38.0 Å². The second-order valence-corrected chi connectivity index (χ2v) is 7.71. The van der Waals surface area contributed by atoms with E-state index in [4.69, 9.17) is 6.57 Å². The first-order valence-electron chi connectivity index (χ1n) is 10.0. The first kappa shape index (κ1) is 17.3. The van der Waals surface area contributed by atoms with Gasteiger partial charge in [-0.25, -0.2) is 4.85 Å². The Morgan fingerprint density at radius 3 is 2.29 bits per heavy atom. The Balaban J connectivity index is 1.80. The quantitative estimate of drug-likeness (QED) is 0.280. The summed E-state index contributed by atoms with van der Waals surface area (Å²) < 4.78 is 4.38. The van der Waals surface area contributed by atoms with Crippen molar-refractivity contribution < 1.29 is 0 Å². The molecule has 4 nitrogen and oxygen atoms in total. The lowest BCUT2D eigenvalue weighted by Crippen LogP contribution is -1.94. The minimum absolute atomic E-state index is 0.565. The fourth-order valence-corrected chi connectivity index (χ4v) is 4.85. The maximum absolute atomic E-state index is 9.76. The maximum Gasteiger partial charge on any atom is 0.197 e. The van der Waals surface area contributed by atoms with Gasteiger partial charge in [0.25, 0.3) is 0 Å². The van der Waals surface area contributed by atoms with E-state index in [9.17, 15) is 5.26 Å². The minimum Gasteiger partial charge on any atom is -0.344 e. The van der Waals surface area contributed by atoms with Gasteiger partial charge in [-0.05, 0) is 42.5 Å². The Bertz CT molecular complexity index is 1700. The molecule has 0 spiro atoms. The highest BCUT2D eigenvalue weighted by Gasteiger charge is 2.18. The number of rotatable bonds is 1. The van der Waals surface area contributed by atoms with Gasteiger partial charge in [-0.3, -0.25) is 0 Å². The molecule has 6 rings (SSSR count). The predicted molar refractivity (Wildman–Crippen MR) is 126 cm³/mol. The van der Waals surface area contributed by atoms with E-state index >= 15 is 0 Å². The number of aryl methyl sites for hydroxylation is 1. The van der Waals surface area contributed by atoms with Gasteiger partial charge in [0.15, 0.2) is 5.69 Å². The number of para-hydroxylation sites is 1. The van der Waals surface area contributed by atoms with Gasteiger partial charge >= 0.3 is 0 Å². The number of aromatic nitrogens is 2. The van der Waals surface area contributed by atoms with Crippen LogP contribution in [0.15, 0.2) is 78.9 Å². The van der Waals surface area contributed by atoms with Crippen molar-refractivity contribution in [1.29, 1.82) is 5.26 Å². The standard InChI is InChI=1S/C27H16N4/c1-29-21-9-6-12-25-27(21)26-17(16-28)7-5-11-24(26)31(25)18-13-14-23-20(15-18)19-8-3-4-10-22(19)30(23)2/h3-15H,2H3. The van der Waals surface area contributed by atoms with Gasteiger partial charge in [0, 0.05) is 50.8 Å². The molecular weight excluding hydrogens is 380 g/mol. The first-order chi connectivity index (χ1) is 15.2. The third kappa shape index (κ3) is 2.22. The van der Waals surface area contributed by atoms with E-state index < -0.39 is 0 Å². The summed E-state index contributed by atoms with van der Waals surface area (Å²) in [6.45, 7) is 7.67. The Kier molecular flexibility index (Phi) is 3.48. The zero-order valence-electron chi connectivity index (χ0n) is 16.8. The number of nitriles is 1. The van der Waals surface area contributed by atoms with Gasteiger partial charge in [-0.2, -0.15) is 5.26 Å². The Morgan fingerprint density at radius 1 is 0.774 bits per heavy atom. The zero-order chi connectivity index (χ0) is 21.1. The van der Waals surface area contributed by atoms with E-state index in [0.29, 0.717) is 11.3 Å². The maximum atomic E-state index is 9.76. The highest BCUT2D eigenvalue weighted by atomic mass is 15.0. The fourth-order valence-electron chi connectivity index (χ4n) is 4.85. The van der Waals surface area contributed by atoms with Gasteiger partial charge in [-0.1, -0.05) is 36.4 Å². The monoisotopic (exact) mass is 396 g/mol. The molecule has 0 atom stereocenters. The van der Waals surface area contributed by atoms with Gasteiger partial charge in [0.1, 0.15) is 0 Å². The van der Waals surface area contributed by atoms with Crippen LogP contribution in [0.25, 0.3) is 54.1 Å². The number of nitrogens with zero attached hydrogens (tertiary/aromatic N) is 4. The molecule has 6 aromatic rings. The molecule has 2 aromatic heterocycles. The van der Waals surface area contributed by atoms with Crippen molar-refractivity contribution in [2.24, 2.45) is 7.05 Å². The molecule has 0 amide bonds. The molecule has 4 heteroatoms. The van der Waals surface area contributed by atoms with Crippen molar-refractivity contribution in [2.45, 2.75) is 0 Å². The van der Waals surface area contributed by atoms with Crippen LogP contribution in [0.2, 0.25) is 0 Å². The lowest BCUT2D eigenvalue weighted by atomic mass is 10.1. The van der Waals surface area contributed by atoms with Crippen LogP contribution in [0, 0.1) is 17.9 Å². The Morgan fingerprint density at radius 2 is 1.48 bits per heavy atom. The van der Waals surface area contributed by atoms with E-state index in [1.165, 1.54) is 21.8 Å². The third-order valence-corrected chi connectivity index (χ3v) is 6.19. The summed E-state index contributed by atoms with van der Waals surface area (Å²) in [5.74, 6) is 0. The lowest BCUT2D eigenvalue weighted by Gasteiger charge is -2.09. The average Bonchev–Trinajstić information content (AvgIpc) is 3.31. The average molecular weight is 396 g/mol. The van der Waals surface area contributed by atoms with Crippen LogP contribution < -0.4 is 0 Å². The normalized spacial score (nSPS) is 11.3. The van der Waals surface area contributed by atoms with Crippen molar-refractivity contribution in [3.05, 3.63) is 95.8 Å². The van der Waals surface area contributed by atoms with Crippen LogP contribution in [-0.2, 0) is 7.05 Å². The largest absolute Gasteiger partial charge is 0.344 e. The molecule has 31 heavy (non-hydrogen) atoms. The molecule has 0 unspecified atom stereocenters. The second-order valence-electron chi connectivity index (χ2n) is 7.71. The summed E-state index contributed by atoms with van der Waals surface area (Å²) in [7, 11) is 2.09. The minimum atomic E-state index is 0.565. The van der Waals surface area contributed by atoms with Crippen LogP contribution >= 0.6 is 0 Å². The van der Waals surface area contributed by atoms with E-state index in [-0.39, 0.29) is 0 Å². The summed E-state index contributed by atoms with van der Waals surface area (Å²) in [5.41, 5.74) is 6.40. The van der Waals surface area contributed by atoms with Gasteiger partial charge in [0.05, 0.1) is 23.7 Å². The number of hydrogen-bond acceptors (Lipinski definition) is 1. The summed E-state index contributed by atoms with van der Waals surface area (Å²) in [5, 5.41) is 13.8. The van der Waals surface area contributed by atoms with Crippen LogP contribution in [0.4, 0.5) is 5.69 Å². The van der Waals surface area contributed by atoms with E-state index in [1.807, 2.05) is 36.4 Å². The molecule has 0 saturated heterocycles. The smallest absolute Gasteiger partial charge is 0.197 e. The van der Waals surface area contributed by atoms with Crippen LogP contribution in [0.3, 0.4) is 0 Å². The predicted octanol–water partition coefficient (Wildman–Crippen LogP) is 6.85. The molecule has 2 heterocycles. The van der Waals surface area contributed by atoms with Gasteiger partial charge in [-0.15, -0.1) is 0 Å². The van der Waals surface area contributed by atoms with Crippen molar-refractivity contribution in [3.8, 4) is 11.8 Å². The van der Waals surface area contributed by atoms with E-state index in [0.717, 1.165) is 27.5 Å². The summed E-state index contributed by atoms with van der Waals surface area (Å²) in [6.07, 6.45) is 0.